The fourth-order valence-electron chi connectivity index (χ4n) is 4.22. The van der Waals surface area contributed by atoms with Gasteiger partial charge in [-0.1, -0.05) is 62.4 Å². The molecule has 3 aromatic rings. The average molecular weight is 433 g/mol. The molecule has 1 aliphatic heterocycles. The van der Waals surface area contributed by atoms with Crippen molar-refractivity contribution in [3.05, 3.63) is 65.4 Å². The number of methoxy groups -OCH3 is 1. The molecule has 2 N–H and O–H groups in total. The minimum absolute atomic E-state index is 0.0604. The molecular formula is C24H28N6O2. The monoisotopic (exact) mass is 432 g/mol. The maximum absolute atomic E-state index is 12.6. The Morgan fingerprint density at radius 1 is 1.09 bits per heavy atom. The van der Waals surface area contributed by atoms with Gasteiger partial charge in [0, 0.05) is 17.8 Å². The van der Waals surface area contributed by atoms with E-state index < -0.39 is 0 Å². The molecule has 1 atom stereocenters. The highest BCUT2D eigenvalue weighted by Crippen LogP contribution is 2.31. The third-order valence-electron chi connectivity index (χ3n) is 5.74. The second-order valence-corrected chi connectivity index (χ2v) is 7.74. The molecule has 0 bridgehead atoms. The molecule has 1 unspecified atom stereocenters. The largest absolute Gasteiger partial charge is 0.466 e. The van der Waals surface area contributed by atoms with Crippen LogP contribution >= 0.6 is 0 Å². The molecule has 8 heteroatoms. The molecule has 0 spiro atoms. The molecule has 0 amide bonds. The van der Waals surface area contributed by atoms with E-state index in [2.05, 4.69) is 68.3 Å². The van der Waals surface area contributed by atoms with E-state index in [1.807, 2.05) is 25.1 Å². The highest BCUT2D eigenvalue weighted by Gasteiger charge is 2.36. The predicted octanol–water partition coefficient (Wildman–Crippen LogP) is 3.51. The van der Waals surface area contributed by atoms with Gasteiger partial charge in [-0.15, -0.1) is 10.2 Å². The summed E-state index contributed by atoms with van der Waals surface area (Å²) in [5, 5.41) is 16.6. The number of nitrogens with one attached hydrogen (secondary N) is 2. The number of aromatic amines is 1. The van der Waals surface area contributed by atoms with Crippen LogP contribution in [0.15, 0.2) is 59.8 Å². The normalized spacial score (nSPS) is 16.3. The molecule has 0 aliphatic carbocycles. The quantitative estimate of drug-likeness (QED) is 0.526. The van der Waals surface area contributed by atoms with E-state index in [-0.39, 0.29) is 12.0 Å². The van der Waals surface area contributed by atoms with Gasteiger partial charge in [0.25, 0.3) is 0 Å². The molecule has 32 heavy (non-hydrogen) atoms. The van der Waals surface area contributed by atoms with Crippen molar-refractivity contribution in [2.75, 3.05) is 13.7 Å². The van der Waals surface area contributed by atoms with Gasteiger partial charge in [-0.05, 0) is 41.2 Å². The Balaban J connectivity index is 1.61. The Labute approximate surface area is 187 Å². The van der Waals surface area contributed by atoms with Gasteiger partial charge in [0.15, 0.2) is 0 Å². The van der Waals surface area contributed by atoms with Crippen LogP contribution in [-0.2, 0) is 16.0 Å². The van der Waals surface area contributed by atoms with Crippen molar-refractivity contribution in [2.45, 2.75) is 39.2 Å². The lowest BCUT2D eigenvalue weighted by atomic mass is 9.94. The molecule has 4 rings (SSSR count). The number of allylic oxidation sites excluding steroid dienone is 1. The number of esters is 1. The minimum Gasteiger partial charge on any atom is -0.466 e. The summed E-state index contributed by atoms with van der Waals surface area (Å²) in [6.07, 6.45) is 2.46. The molecule has 166 valence electrons. The van der Waals surface area contributed by atoms with Gasteiger partial charge < -0.3 is 10.2 Å². The van der Waals surface area contributed by atoms with E-state index in [0.717, 1.165) is 52.9 Å². The summed E-state index contributed by atoms with van der Waals surface area (Å²) in [4.78, 5) is 12.6. The highest BCUT2D eigenvalue weighted by atomic mass is 16.5. The van der Waals surface area contributed by atoms with Gasteiger partial charge in [0.05, 0.1) is 18.7 Å². The molecule has 0 saturated heterocycles. The van der Waals surface area contributed by atoms with Crippen LogP contribution in [-0.4, -0.2) is 51.3 Å². The minimum atomic E-state index is -0.261. The number of carbonyl (C=O) groups excluding carboxylic acids is 1. The summed E-state index contributed by atoms with van der Waals surface area (Å²) in [6, 6.07) is 16.4. The van der Waals surface area contributed by atoms with Crippen LogP contribution in [0, 0.1) is 0 Å². The second kappa shape index (κ2) is 9.74. The number of carbonyl (C=O) groups is 1. The molecule has 2 aromatic carbocycles. The van der Waals surface area contributed by atoms with E-state index in [0.29, 0.717) is 12.2 Å². The zero-order valence-corrected chi connectivity index (χ0v) is 18.6. The summed E-state index contributed by atoms with van der Waals surface area (Å²) < 4.78 is 5.10. The van der Waals surface area contributed by atoms with Gasteiger partial charge in [0.2, 0.25) is 5.82 Å². The number of hydrogen-bond acceptors (Lipinski definition) is 7. The standard InChI is InChI=1S/C24H28N6O2/c1-4-14-30-21(22(24(31)32-3)20(5-2)27-30)15-16-10-12-17(13-11-16)18-8-6-7-9-19(18)23-25-28-29-26-23/h6-13,21,27H,4-5,14-15H2,1-3H3,(H,25,26,28,29). The molecule has 2 heterocycles. The summed E-state index contributed by atoms with van der Waals surface area (Å²) in [5.74, 6) is 0.306. The lowest BCUT2D eigenvalue weighted by molar-refractivity contribution is -0.136. The number of rotatable bonds is 8. The summed E-state index contributed by atoms with van der Waals surface area (Å²) >= 11 is 0. The lowest BCUT2D eigenvalue weighted by Crippen LogP contribution is -2.41. The van der Waals surface area contributed by atoms with Crippen molar-refractivity contribution in [3.8, 4) is 22.5 Å². The Morgan fingerprint density at radius 2 is 1.84 bits per heavy atom. The van der Waals surface area contributed by atoms with Crippen molar-refractivity contribution in [1.82, 2.24) is 31.1 Å². The molecule has 0 saturated carbocycles. The van der Waals surface area contributed by atoms with Gasteiger partial charge in [-0.25, -0.2) is 9.80 Å². The van der Waals surface area contributed by atoms with Gasteiger partial charge >= 0.3 is 5.97 Å². The first-order valence-corrected chi connectivity index (χ1v) is 10.9. The SMILES string of the molecule is CCCN1NC(CC)=C(C(=O)OC)C1Cc1ccc(-c2ccccc2-c2nn[nH]n2)cc1. The first-order valence-electron chi connectivity index (χ1n) is 10.9. The number of hydrazine groups is 1. The molecule has 1 aromatic heterocycles. The molecule has 1 aliphatic rings. The zero-order chi connectivity index (χ0) is 22.5. The fraction of sp³-hybridized carbons (Fsp3) is 0.333. The number of H-pyrrole nitrogens is 1. The van der Waals surface area contributed by atoms with E-state index in [1.54, 1.807) is 0 Å². The van der Waals surface area contributed by atoms with Crippen molar-refractivity contribution in [3.63, 3.8) is 0 Å². The zero-order valence-electron chi connectivity index (χ0n) is 18.6. The van der Waals surface area contributed by atoms with Crippen LogP contribution in [0.25, 0.3) is 22.5 Å². The summed E-state index contributed by atoms with van der Waals surface area (Å²) in [6.45, 7) is 5.04. The third-order valence-corrected chi connectivity index (χ3v) is 5.74. The van der Waals surface area contributed by atoms with Gasteiger partial charge in [-0.3, -0.25) is 0 Å². The van der Waals surface area contributed by atoms with Crippen molar-refractivity contribution >= 4 is 5.97 Å². The maximum atomic E-state index is 12.6. The molecule has 0 radical (unpaired) electrons. The summed E-state index contributed by atoms with van der Waals surface area (Å²) in [7, 11) is 1.44. The van der Waals surface area contributed by atoms with Crippen LogP contribution in [0.3, 0.4) is 0 Å². The van der Waals surface area contributed by atoms with Crippen molar-refractivity contribution in [1.29, 1.82) is 0 Å². The second-order valence-electron chi connectivity index (χ2n) is 7.74. The summed E-state index contributed by atoms with van der Waals surface area (Å²) in [5.41, 5.74) is 9.29. The number of nitrogens with zero attached hydrogens (tertiary/aromatic N) is 4. The topological polar surface area (TPSA) is 96.0 Å². The van der Waals surface area contributed by atoms with Crippen LogP contribution in [0.1, 0.15) is 32.3 Å². The van der Waals surface area contributed by atoms with Crippen LogP contribution in [0.2, 0.25) is 0 Å². The van der Waals surface area contributed by atoms with E-state index >= 15 is 0 Å². The smallest absolute Gasteiger partial charge is 0.337 e. The number of benzene rings is 2. The maximum Gasteiger partial charge on any atom is 0.337 e. The molecular weight excluding hydrogens is 404 g/mol. The van der Waals surface area contributed by atoms with Gasteiger partial charge in [-0.2, -0.15) is 5.21 Å². The Morgan fingerprint density at radius 3 is 2.47 bits per heavy atom. The Hall–Kier alpha value is -3.52. The van der Waals surface area contributed by atoms with Crippen molar-refractivity contribution < 1.29 is 9.53 Å². The highest BCUT2D eigenvalue weighted by molar-refractivity contribution is 5.91. The first kappa shape index (κ1) is 21.7. The Kier molecular flexibility index (Phi) is 6.61. The third kappa shape index (κ3) is 4.27. The van der Waals surface area contributed by atoms with Crippen LogP contribution in [0.5, 0.6) is 0 Å². The predicted molar refractivity (Wildman–Crippen MR) is 122 cm³/mol. The van der Waals surface area contributed by atoms with Crippen LogP contribution < -0.4 is 5.43 Å². The Bertz CT molecular complexity index is 1090. The van der Waals surface area contributed by atoms with Crippen molar-refractivity contribution in [2.24, 2.45) is 0 Å². The first-order chi connectivity index (χ1) is 15.7. The average Bonchev–Trinajstić information content (AvgIpc) is 3.48. The van der Waals surface area contributed by atoms with E-state index in [9.17, 15) is 4.79 Å². The fourth-order valence-corrected chi connectivity index (χ4v) is 4.22. The van der Waals surface area contributed by atoms with Gasteiger partial charge in [0.1, 0.15) is 0 Å². The number of ether oxygens (including phenoxy) is 1. The number of hydrogen-bond donors (Lipinski definition) is 2. The molecule has 0 fully saturated rings. The van der Waals surface area contributed by atoms with E-state index in [4.69, 9.17) is 4.74 Å². The number of aromatic nitrogens is 4. The lowest BCUT2D eigenvalue weighted by Gasteiger charge is -2.26. The number of tetrazole rings is 1. The van der Waals surface area contributed by atoms with Crippen LogP contribution in [0.4, 0.5) is 0 Å². The molecule has 8 nitrogen and oxygen atoms in total. The van der Waals surface area contributed by atoms with E-state index in [1.165, 1.54) is 7.11 Å².